The van der Waals surface area contributed by atoms with E-state index >= 15 is 0 Å². The number of sulfonamides is 1. The van der Waals surface area contributed by atoms with E-state index in [4.69, 9.17) is 9.47 Å². The Kier molecular flexibility index (Phi) is 8.71. The highest BCUT2D eigenvalue weighted by atomic mass is 32.2. The van der Waals surface area contributed by atoms with Crippen molar-refractivity contribution in [2.75, 3.05) is 36.9 Å². The molecule has 7 nitrogen and oxygen atoms in total. The first-order valence-electron chi connectivity index (χ1n) is 8.33. The summed E-state index contributed by atoms with van der Waals surface area (Å²) in [5.41, 5.74) is 0.352. The molecule has 0 fully saturated rings. The number of anilines is 1. The van der Waals surface area contributed by atoms with Crippen LogP contribution in [-0.2, 0) is 19.6 Å². The molecule has 0 aliphatic carbocycles. The van der Waals surface area contributed by atoms with Gasteiger partial charge in [-0.15, -0.1) is 0 Å². The van der Waals surface area contributed by atoms with Crippen molar-refractivity contribution in [3.8, 4) is 5.75 Å². The van der Waals surface area contributed by atoms with E-state index in [0.29, 0.717) is 37.6 Å². The SMILES string of the molecule is CCOc1ccccc1N(CC(=O)NCCCOC(C)C)S(C)(=O)=O. The fourth-order valence-electron chi connectivity index (χ4n) is 2.13. The smallest absolute Gasteiger partial charge is 0.240 e. The predicted molar refractivity (Wildman–Crippen MR) is 98.5 cm³/mol. The summed E-state index contributed by atoms with van der Waals surface area (Å²) in [5.74, 6) is 0.0508. The molecular weight excluding hydrogens is 344 g/mol. The Bertz CT molecular complexity index is 646. The Morgan fingerprint density at radius 2 is 1.96 bits per heavy atom. The van der Waals surface area contributed by atoms with Crippen LogP contribution in [0.3, 0.4) is 0 Å². The topological polar surface area (TPSA) is 84.9 Å². The Labute approximate surface area is 150 Å². The van der Waals surface area contributed by atoms with Crippen molar-refractivity contribution in [3.05, 3.63) is 24.3 Å². The first-order chi connectivity index (χ1) is 11.8. The van der Waals surface area contributed by atoms with Crippen LogP contribution in [0.5, 0.6) is 5.75 Å². The first kappa shape index (κ1) is 21.2. The van der Waals surface area contributed by atoms with Gasteiger partial charge in [0.25, 0.3) is 0 Å². The third-order valence-corrected chi connectivity index (χ3v) is 4.34. The summed E-state index contributed by atoms with van der Waals surface area (Å²) in [6, 6.07) is 6.76. The van der Waals surface area contributed by atoms with Crippen LogP contribution in [0.2, 0.25) is 0 Å². The third kappa shape index (κ3) is 7.74. The lowest BCUT2D eigenvalue weighted by molar-refractivity contribution is -0.119. The average molecular weight is 372 g/mol. The predicted octanol–water partition coefficient (Wildman–Crippen LogP) is 1.78. The molecule has 0 aliphatic heterocycles. The zero-order valence-corrected chi connectivity index (χ0v) is 16.1. The highest BCUT2D eigenvalue weighted by molar-refractivity contribution is 7.92. The second kappa shape index (κ2) is 10.2. The van der Waals surface area contributed by atoms with Gasteiger partial charge in [0.15, 0.2) is 0 Å². The molecule has 142 valence electrons. The molecule has 0 radical (unpaired) electrons. The Hall–Kier alpha value is -1.80. The van der Waals surface area contributed by atoms with Gasteiger partial charge in [0.1, 0.15) is 12.3 Å². The first-order valence-corrected chi connectivity index (χ1v) is 10.2. The highest BCUT2D eigenvalue weighted by Crippen LogP contribution is 2.29. The number of ether oxygens (including phenoxy) is 2. The number of amides is 1. The standard InChI is InChI=1S/C17H28N2O5S/c1-5-23-16-10-7-6-9-15(16)19(25(4,21)22)13-17(20)18-11-8-12-24-14(2)3/h6-7,9-10,14H,5,8,11-13H2,1-4H3,(H,18,20). The van der Waals surface area contributed by atoms with Crippen molar-refractivity contribution >= 4 is 21.6 Å². The Morgan fingerprint density at radius 1 is 1.28 bits per heavy atom. The second-order valence-electron chi connectivity index (χ2n) is 5.79. The van der Waals surface area contributed by atoms with Gasteiger partial charge in [-0.05, 0) is 39.3 Å². The molecule has 0 aliphatic rings. The van der Waals surface area contributed by atoms with E-state index in [0.717, 1.165) is 10.6 Å². The summed E-state index contributed by atoms with van der Waals surface area (Å²) < 4.78 is 36.2. The van der Waals surface area contributed by atoms with Gasteiger partial charge in [0, 0.05) is 13.2 Å². The van der Waals surface area contributed by atoms with Gasteiger partial charge >= 0.3 is 0 Å². The molecule has 1 N–H and O–H groups in total. The Morgan fingerprint density at radius 3 is 2.56 bits per heavy atom. The van der Waals surface area contributed by atoms with Crippen LogP contribution >= 0.6 is 0 Å². The van der Waals surface area contributed by atoms with Gasteiger partial charge in [0.2, 0.25) is 15.9 Å². The van der Waals surface area contributed by atoms with Gasteiger partial charge in [-0.1, -0.05) is 12.1 Å². The van der Waals surface area contributed by atoms with Crippen LogP contribution < -0.4 is 14.4 Å². The number of hydrogen-bond acceptors (Lipinski definition) is 5. The van der Waals surface area contributed by atoms with Gasteiger partial charge in [-0.25, -0.2) is 8.42 Å². The lowest BCUT2D eigenvalue weighted by Gasteiger charge is -2.24. The van der Waals surface area contributed by atoms with E-state index in [1.807, 2.05) is 20.8 Å². The van der Waals surface area contributed by atoms with Crippen molar-refractivity contribution in [2.45, 2.75) is 33.3 Å². The molecule has 25 heavy (non-hydrogen) atoms. The van der Waals surface area contributed by atoms with Gasteiger partial charge in [0.05, 0.1) is 24.7 Å². The molecule has 0 spiro atoms. The molecule has 1 aromatic carbocycles. The van der Waals surface area contributed by atoms with Crippen LogP contribution in [0.1, 0.15) is 27.2 Å². The number of nitrogens with zero attached hydrogens (tertiary/aromatic N) is 1. The van der Waals surface area contributed by atoms with Crippen LogP contribution in [-0.4, -0.2) is 53.0 Å². The number of carbonyl (C=O) groups excluding carboxylic acids is 1. The van der Waals surface area contributed by atoms with Crippen LogP contribution in [0.4, 0.5) is 5.69 Å². The zero-order valence-electron chi connectivity index (χ0n) is 15.3. The maximum absolute atomic E-state index is 12.1. The summed E-state index contributed by atoms with van der Waals surface area (Å²) in [6.07, 6.45) is 1.88. The van der Waals surface area contributed by atoms with Gasteiger partial charge in [-0.3, -0.25) is 9.10 Å². The molecule has 1 rings (SSSR count). The summed E-state index contributed by atoms with van der Waals surface area (Å²) in [4.78, 5) is 12.1. The number of benzene rings is 1. The number of para-hydroxylation sites is 2. The summed E-state index contributed by atoms with van der Waals surface area (Å²) in [7, 11) is -3.63. The number of hydrogen-bond donors (Lipinski definition) is 1. The fraction of sp³-hybridized carbons (Fsp3) is 0.588. The lowest BCUT2D eigenvalue weighted by atomic mass is 10.3. The molecule has 1 amide bonds. The van der Waals surface area contributed by atoms with E-state index in [1.54, 1.807) is 24.3 Å². The van der Waals surface area contributed by atoms with Crippen molar-refractivity contribution in [3.63, 3.8) is 0 Å². The summed E-state index contributed by atoms with van der Waals surface area (Å²) >= 11 is 0. The van der Waals surface area contributed by atoms with E-state index in [9.17, 15) is 13.2 Å². The van der Waals surface area contributed by atoms with Crippen LogP contribution in [0, 0.1) is 0 Å². The average Bonchev–Trinajstić information content (AvgIpc) is 2.52. The molecule has 0 heterocycles. The van der Waals surface area contributed by atoms with E-state index < -0.39 is 10.0 Å². The van der Waals surface area contributed by atoms with E-state index in [-0.39, 0.29) is 18.6 Å². The number of nitrogens with one attached hydrogen (secondary N) is 1. The zero-order chi connectivity index (χ0) is 18.9. The highest BCUT2D eigenvalue weighted by Gasteiger charge is 2.23. The number of rotatable bonds is 11. The third-order valence-electron chi connectivity index (χ3n) is 3.22. The second-order valence-corrected chi connectivity index (χ2v) is 7.70. The molecule has 8 heteroatoms. The lowest BCUT2D eigenvalue weighted by Crippen LogP contribution is -2.41. The molecule has 0 unspecified atom stereocenters. The normalized spacial score (nSPS) is 11.4. The van der Waals surface area contributed by atoms with E-state index in [2.05, 4.69) is 5.32 Å². The van der Waals surface area contributed by atoms with Crippen molar-refractivity contribution in [2.24, 2.45) is 0 Å². The fourth-order valence-corrected chi connectivity index (χ4v) is 2.99. The monoisotopic (exact) mass is 372 g/mol. The Balaban J connectivity index is 2.74. The van der Waals surface area contributed by atoms with Gasteiger partial charge < -0.3 is 14.8 Å². The minimum atomic E-state index is -3.63. The van der Waals surface area contributed by atoms with Crippen LogP contribution in [0.15, 0.2) is 24.3 Å². The van der Waals surface area contributed by atoms with E-state index in [1.165, 1.54) is 0 Å². The summed E-state index contributed by atoms with van der Waals surface area (Å²) in [6.45, 7) is 6.77. The molecule has 0 aromatic heterocycles. The largest absolute Gasteiger partial charge is 0.492 e. The number of carbonyl (C=O) groups is 1. The molecule has 0 saturated heterocycles. The molecule has 1 aromatic rings. The maximum atomic E-state index is 12.1. The minimum absolute atomic E-state index is 0.145. The molecule has 0 saturated carbocycles. The minimum Gasteiger partial charge on any atom is -0.492 e. The van der Waals surface area contributed by atoms with Gasteiger partial charge in [-0.2, -0.15) is 0 Å². The quantitative estimate of drug-likeness (QED) is 0.599. The maximum Gasteiger partial charge on any atom is 0.240 e. The molecular formula is C17H28N2O5S. The molecule has 0 bridgehead atoms. The van der Waals surface area contributed by atoms with Crippen molar-refractivity contribution < 1.29 is 22.7 Å². The van der Waals surface area contributed by atoms with Crippen molar-refractivity contribution in [1.82, 2.24) is 5.32 Å². The van der Waals surface area contributed by atoms with Crippen molar-refractivity contribution in [1.29, 1.82) is 0 Å². The molecule has 0 atom stereocenters. The summed E-state index contributed by atoms with van der Waals surface area (Å²) in [5, 5.41) is 2.71. The van der Waals surface area contributed by atoms with Crippen LogP contribution in [0.25, 0.3) is 0 Å².